The van der Waals surface area contributed by atoms with Crippen LogP contribution in [0.3, 0.4) is 0 Å². The Bertz CT molecular complexity index is 1480. The van der Waals surface area contributed by atoms with Crippen molar-refractivity contribution in [3.8, 4) is 0 Å². The van der Waals surface area contributed by atoms with E-state index >= 15 is 0 Å². The fourth-order valence-electron chi connectivity index (χ4n) is 5.48. The van der Waals surface area contributed by atoms with Crippen molar-refractivity contribution in [2.24, 2.45) is 5.92 Å². The van der Waals surface area contributed by atoms with E-state index < -0.39 is 0 Å². The van der Waals surface area contributed by atoms with Crippen molar-refractivity contribution in [3.05, 3.63) is 83.9 Å². The Labute approximate surface area is 247 Å². The molecule has 1 aromatic heterocycles. The molecule has 1 amide bonds. The summed E-state index contributed by atoms with van der Waals surface area (Å²) in [5.74, 6) is 1.69. The predicted octanol–water partition coefficient (Wildman–Crippen LogP) is 6.36. The molecule has 1 aliphatic heterocycles. The lowest BCUT2D eigenvalue weighted by molar-refractivity contribution is -0.135. The van der Waals surface area contributed by atoms with Crippen LogP contribution in [0.1, 0.15) is 44.2 Å². The van der Waals surface area contributed by atoms with Crippen LogP contribution in [0, 0.1) is 5.92 Å². The van der Waals surface area contributed by atoms with Gasteiger partial charge in [0.25, 0.3) is 0 Å². The normalized spacial score (nSPS) is 15.2. The number of aromatic nitrogens is 2. The highest BCUT2D eigenvalue weighted by atomic mass is 32.2. The number of hydrogen-bond donors (Lipinski definition) is 2. The summed E-state index contributed by atoms with van der Waals surface area (Å²) in [6.45, 7) is 7.85. The number of rotatable bonds is 11. The van der Waals surface area contributed by atoms with Crippen molar-refractivity contribution in [1.29, 1.82) is 0 Å². The largest absolute Gasteiger partial charge is 0.392 e. The molecular formula is C33H39N5O2S. The summed E-state index contributed by atoms with van der Waals surface area (Å²) >= 11 is 1.65. The van der Waals surface area contributed by atoms with Crippen LogP contribution in [-0.2, 0) is 17.9 Å². The number of carbonyl (C=O) groups excluding carboxylic acids is 1. The van der Waals surface area contributed by atoms with Gasteiger partial charge in [0.05, 0.1) is 18.0 Å². The fourth-order valence-corrected chi connectivity index (χ4v) is 6.54. The van der Waals surface area contributed by atoms with Crippen LogP contribution in [0.25, 0.3) is 10.9 Å². The molecule has 1 atom stereocenters. The van der Waals surface area contributed by atoms with E-state index in [0.29, 0.717) is 19.0 Å². The molecule has 1 saturated heterocycles. The van der Waals surface area contributed by atoms with Crippen LogP contribution in [0.4, 0.5) is 11.8 Å². The summed E-state index contributed by atoms with van der Waals surface area (Å²) in [6, 6.07) is 24.3. The van der Waals surface area contributed by atoms with Gasteiger partial charge in [-0.3, -0.25) is 4.79 Å². The lowest BCUT2D eigenvalue weighted by atomic mass is 9.96. The van der Waals surface area contributed by atoms with Crippen molar-refractivity contribution >= 4 is 40.3 Å². The van der Waals surface area contributed by atoms with Crippen LogP contribution >= 0.6 is 11.8 Å². The third-order valence-corrected chi connectivity index (χ3v) is 8.85. The quantitative estimate of drug-likeness (QED) is 0.218. The number of para-hydroxylation sites is 1. The second-order valence-corrected chi connectivity index (χ2v) is 11.5. The lowest BCUT2D eigenvalue weighted by Crippen LogP contribution is -2.45. The number of aliphatic hydroxyl groups excluding tert-OH is 1. The molecule has 0 aliphatic carbocycles. The van der Waals surface area contributed by atoms with E-state index in [1.165, 1.54) is 0 Å². The summed E-state index contributed by atoms with van der Waals surface area (Å²) in [5, 5.41) is 14.3. The van der Waals surface area contributed by atoms with Crippen molar-refractivity contribution in [3.63, 3.8) is 0 Å². The smallest absolute Gasteiger partial charge is 0.227 e. The van der Waals surface area contributed by atoms with E-state index in [9.17, 15) is 9.90 Å². The first-order chi connectivity index (χ1) is 20.1. The molecule has 0 spiro atoms. The Morgan fingerprint density at radius 2 is 1.71 bits per heavy atom. The Morgan fingerprint density at radius 3 is 2.46 bits per heavy atom. The average molecular weight is 570 g/mol. The van der Waals surface area contributed by atoms with Gasteiger partial charge in [-0.15, -0.1) is 0 Å². The second kappa shape index (κ2) is 13.8. The molecule has 1 aliphatic rings. The van der Waals surface area contributed by atoms with Gasteiger partial charge in [0.15, 0.2) is 0 Å². The van der Waals surface area contributed by atoms with Gasteiger partial charge in [0.2, 0.25) is 11.9 Å². The monoisotopic (exact) mass is 569 g/mol. The predicted molar refractivity (Wildman–Crippen MR) is 167 cm³/mol. The third kappa shape index (κ3) is 6.82. The van der Waals surface area contributed by atoms with E-state index in [1.54, 1.807) is 11.8 Å². The van der Waals surface area contributed by atoms with Gasteiger partial charge in [0.1, 0.15) is 5.82 Å². The molecule has 41 heavy (non-hydrogen) atoms. The van der Waals surface area contributed by atoms with E-state index in [2.05, 4.69) is 42.3 Å². The Kier molecular flexibility index (Phi) is 9.75. The molecule has 0 radical (unpaired) electrons. The topological polar surface area (TPSA) is 81.6 Å². The molecule has 7 nitrogen and oxygen atoms in total. The third-order valence-electron chi connectivity index (χ3n) is 7.61. The maximum absolute atomic E-state index is 13.3. The highest BCUT2D eigenvalue weighted by Crippen LogP contribution is 2.34. The zero-order valence-electron chi connectivity index (χ0n) is 23.9. The van der Waals surface area contributed by atoms with Crippen LogP contribution in [0.15, 0.2) is 82.6 Å². The number of anilines is 2. The Hall–Kier alpha value is -3.62. The number of aliphatic hydroxyl groups is 1. The molecular weight excluding hydrogens is 530 g/mol. The summed E-state index contributed by atoms with van der Waals surface area (Å²) in [4.78, 5) is 29.6. The Morgan fingerprint density at radius 1 is 1.00 bits per heavy atom. The SMILES string of the molecule is CCCN(CC)C(=O)C1CCCN(c2nc(NCc3ccccc3Sc3ccccc3CO)nc3ccccc23)C1. The molecule has 2 N–H and O–H groups in total. The van der Waals surface area contributed by atoms with Gasteiger partial charge in [-0.25, -0.2) is 4.98 Å². The first kappa shape index (κ1) is 28.9. The van der Waals surface area contributed by atoms with E-state index in [1.807, 2.05) is 59.5 Å². The maximum Gasteiger partial charge on any atom is 0.227 e. The first-order valence-electron chi connectivity index (χ1n) is 14.6. The summed E-state index contributed by atoms with van der Waals surface area (Å²) in [6.07, 6.45) is 2.84. The molecule has 5 rings (SSSR count). The minimum absolute atomic E-state index is 0.00926. The van der Waals surface area contributed by atoms with E-state index in [4.69, 9.17) is 9.97 Å². The van der Waals surface area contributed by atoms with Crippen LogP contribution in [0.5, 0.6) is 0 Å². The van der Waals surface area contributed by atoms with Gasteiger partial charge in [-0.05, 0) is 61.6 Å². The van der Waals surface area contributed by atoms with Crippen molar-refractivity contribution in [1.82, 2.24) is 14.9 Å². The number of fused-ring (bicyclic) bond motifs is 1. The van der Waals surface area contributed by atoms with Gasteiger partial charge < -0.3 is 20.2 Å². The summed E-state index contributed by atoms with van der Waals surface area (Å²) < 4.78 is 0. The van der Waals surface area contributed by atoms with Gasteiger partial charge in [-0.2, -0.15) is 4.98 Å². The van der Waals surface area contributed by atoms with E-state index in [-0.39, 0.29) is 18.4 Å². The molecule has 214 valence electrons. The maximum atomic E-state index is 13.3. The molecule has 1 unspecified atom stereocenters. The number of carbonyl (C=O) groups is 1. The molecule has 8 heteroatoms. The van der Waals surface area contributed by atoms with E-state index in [0.717, 1.165) is 76.5 Å². The van der Waals surface area contributed by atoms with Crippen molar-refractivity contribution in [2.45, 2.75) is 56.1 Å². The van der Waals surface area contributed by atoms with Gasteiger partial charge in [-0.1, -0.05) is 67.2 Å². The molecule has 3 aromatic carbocycles. The number of hydrogen-bond acceptors (Lipinski definition) is 7. The number of nitrogens with one attached hydrogen (secondary N) is 1. The summed E-state index contributed by atoms with van der Waals surface area (Å²) in [7, 11) is 0. The molecule has 0 saturated carbocycles. The number of amides is 1. The highest BCUT2D eigenvalue weighted by Gasteiger charge is 2.30. The number of piperidine rings is 1. The standard InChI is InChI=1S/C33H39N5O2S/c1-3-19-37(4-2)32(40)25-14-11-20-38(22-25)31-27-15-7-8-16-28(27)35-33(36-31)34-21-24-12-5-9-17-29(24)41-30-18-10-6-13-26(30)23-39/h5-10,12-13,15-18,25,39H,3-4,11,14,19-23H2,1-2H3,(H,34,35,36). The minimum Gasteiger partial charge on any atom is -0.392 e. The van der Waals surface area contributed by atoms with Crippen LogP contribution in [0.2, 0.25) is 0 Å². The number of nitrogens with zero attached hydrogens (tertiary/aromatic N) is 4. The fraction of sp³-hybridized carbons (Fsp3) is 0.364. The number of benzene rings is 3. The van der Waals surface area contributed by atoms with Crippen LogP contribution < -0.4 is 10.2 Å². The second-order valence-electron chi connectivity index (χ2n) is 10.4. The molecule has 0 bridgehead atoms. The van der Waals surface area contributed by atoms with Crippen molar-refractivity contribution < 1.29 is 9.90 Å². The minimum atomic E-state index is -0.0221. The lowest BCUT2D eigenvalue weighted by Gasteiger charge is -2.36. The summed E-state index contributed by atoms with van der Waals surface area (Å²) in [5.41, 5.74) is 2.93. The van der Waals surface area contributed by atoms with Gasteiger partial charge in [0, 0.05) is 47.9 Å². The van der Waals surface area contributed by atoms with Crippen LogP contribution in [-0.4, -0.2) is 52.1 Å². The average Bonchev–Trinajstić information content (AvgIpc) is 3.02. The van der Waals surface area contributed by atoms with Crippen molar-refractivity contribution in [2.75, 3.05) is 36.4 Å². The Balaban J connectivity index is 1.38. The molecule has 4 aromatic rings. The zero-order valence-corrected chi connectivity index (χ0v) is 24.7. The highest BCUT2D eigenvalue weighted by molar-refractivity contribution is 7.99. The zero-order chi connectivity index (χ0) is 28.6. The molecule has 2 heterocycles. The first-order valence-corrected chi connectivity index (χ1v) is 15.4. The van der Waals surface area contributed by atoms with Gasteiger partial charge >= 0.3 is 0 Å². The molecule has 1 fully saturated rings.